The molecule has 1 atom stereocenters. The number of carbonyl (C=O) groups excluding carboxylic acids is 1. The quantitative estimate of drug-likeness (QED) is 0.874. The van der Waals surface area contributed by atoms with Crippen molar-refractivity contribution in [1.29, 1.82) is 0 Å². The van der Waals surface area contributed by atoms with Crippen LogP contribution in [0.5, 0.6) is 0 Å². The van der Waals surface area contributed by atoms with Crippen LogP contribution in [0, 0.1) is 5.41 Å². The van der Waals surface area contributed by atoms with Crippen LogP contribution in [-0.2, 0) is 4.79 Å². The Hall–Kier alpha value is -1.35. The predicted octanol–water partition coefficient (Wildman–Crippen LogP) is 3.02. The molecule has 0 saturated heterocycles. The summed E-state index contributed by atoms with van der Waals surface area (Å²) in [5.41, 5.74) is 1.01. The van der Waals surface area contributed by atoms with Crippen LogP contribution in [0.4, 0.5) is 0 Å². The Balaban J connectivity index is 2.06. The van der Waals surface area contributed by atoms with E-state index in [0.717, 1.165) is 12.0 Å². The number of rotatable bonds is 3. The van der Waals surface area contributed by atoms with Crippen molar-refractivity contribution in [1.82, 2.24) is 0 Å². The van der Waals surface area contributed by atoms with E-state index in [0.29, 0.717) is 18.6 Å². The zero-order chi connectivity index (χ0) is 12.5. The van der Waals surface area contributed by atoms with Crippen LogP contribution in [0.3, 0.4) is 0 Å². The molecule has 0 aromatic carbocycles. The fourth-order valence-electron chi connectivity index (χ4n) is 2.44. The molecule has 0 fully saturated rings. The van der Waals surface area contributed by atoms with E-state index in [9.17, 15) is 9.90 Å². The summed E-state index contributed by atoms with van der Waals surface area (Å²) < 4.78 is 5.15. The second kappa shape index (κ2) is 4.49. The van der Waals surface area contributed by atoms with Crippen molar-refractivity contribution in [3.8, 4) is 0 Å². The SMILES string of the molecule is CC1(C)CC(=O)C=C(CC(O)c2ccco2)C1. The second-order valence-electron chi connectivity index (χ2n) is 5.52. The molecule has 1 aromatic rings. The molecule has 1 N–H and O–H groups in total. The Kier molecular flexibility index (Phi) is 3.20. The second-order valence-corrected chi connectivity index (χ2v) is 5.52. The fraction of sp³-hybridized carbons (Fsp3) is 0.500. The van der Waals surface area contributed by atoms with Crippen LogP contribution in [0.1, 0.15) is 45.0 Å². The summed E-state index contributed by atoms with van der Waals surface area (Å²) in [4.78, 5) is 11.6. The molecule has 3 nitrogen and oxygen atoms in total. The maximum atomic E-state index is 11.6. The molecule has 1 aromatic heterocycles. The fourth-order valence-corrected chi connectivity index (χ4v) is 2.44. The van der Waals surface area contributed by atoms with Gasteiger partial charge < -0.3 is 9.52 Å². The van der Waals surface area contributed by atoms with Crippen LogP contribution in [0.15, 0.2) is 34.5 Å². The van der Waals surface area contributed by atoms with Gasteiger partial charge in [-0.25, -0.2) is 0 Å². The Labute approximate surface area is 101 Å². The minimum absolute atomic E-state index is 0.00402. The molecule has 1 aliphatic carbocycles. The van der Waals surface area contributed by atoms with Crippen molar-refractivity contribution < 1.29 is 14.3 Å². The highest BCUT2D eigenvalue weighted by Gasteiger charge is 2.28. The molecule has 0 radical (unpaired) electrons. The van der Waals surface area contributed by atoms with Crippen molar-refractivity contribution in [3.63, 3.8) is 0 Å². The van der Waals surface area contributed by atoms with Gasteiger partial charge >= 0.3 is 0 Å². The summed E-state index contributed by atoms with van der Waals surface area (Å²) in [5.74, 6) is 0.713. The van der Waals surface area contributed by atoms with Crippen LogP contribution in [0.2, 0.25) is 0 Å². The number of carbonyl (C=O) groups is 1. The molecule has 92 valence electrons. The number of ketones is 1. The average molecular weight is 234 g/mol. The molecule has 3 heteroatoms. The molecule has 0 amide bonds. The molecule has 0 saturated carbocycles. The largest absolute Gasteiger partial charge is 0.467 e. The van der Waals surface area contributed by atoms with Gasteiger partial charge in [-0.3, -0.25) is 4.79 Å². The summed E-state index contributed by atoms with van der Waals surface area (Å²) >= 11 is 0. The molecule has 1 aliphatic rings. The zero-order valence-electron chi connectivity index (χ0n) is 10.3. The smallest absolute Gasteiger partial charge is 0.156 e. The molecule has 0 spiro atoms. The van der Waals surface area contributed by atoms with Crippen LogP contribution >= 0.6 is 0 Å². The molecular formula is C14H18O3. The first-order chi connectivity index (χ1) is 7.96. The van der Waals surface area contributed by atoms with Crippen LogP contribution in [0.25, 0.3) is 0 Å². The standard InChI is InChI=1S/C14H18O3/c1-14(2)8-10(6-11(15)9-14)7-12(16)13-4-3-5-17-13/h3-6,12,16H,7-9H2,1-2H3. The lowest BCUT2D eigenvalue weighted by Gasteiger charge is -2.29. The third-order valence-electron chi connectivity index (χ3n) is 3.05. The number of allylic oxidation sites excluding steroid dienone is 1. The molecule has 0 bridgehead atoms. The number of furan rings is 1. The maximum Gasteiger partial charge on any atom is 0.156 e. The van der Waals surface area contributed by atoms with E-state index < -0.39 is 6.10 Å². The van der Waals surface area contributed by atoms with Crippen molar-refractivity contribution in [2.45, 2.75) is 39.2 Å². The van der Waals surface area contributed by atoms with Gasteiger partial charge in [0.05, 0.1) is 6.26 Å². The minimum atomic E-state index is -0.655. The zero-order valence-corrected chi connectivity index (χ0v) is 10.3. The van der Waals surface area contributed by atoms with Gasteiger partial charge in [0, 0.05) is 12.8 Å². The van der Waals surface area contributed by atoms with Gasteiger partial charge in [0.1, 0.15) is 11.9 Å². The number of aliphatic hydroxyl groups is 1. The maximum absolute atomic E-state index is 11.6. The third-order valence-corrected chi connectivity index (χ3v) is 3.05. The highest BCUT2D eigenvalue weighted by atomic mass is 16.4. The van der Waals surface area contributed by atoms with Gasteiger partial charge in [0.2, 0.25) is 0 Å². The molecule has 2 rings (SSSR count). The van der Waals surface area contributed by atoms with Gasteiger partial charge in [0.25, 0.3) is 0 Å². The summed E-state index contributed by atoms with van der Waals surface area (Å²) in [6, 6.07) is 3.50. The predicted molar refractivity (Wildman–Crippen MR) is 64.4 cm³/mol. The molecule has 17 heavy (non-hydrogen) atoms. The van der Waals surface area contributed by atoms with Crippen molar-refractivity contribution >= 4 is 5.78 Å². The Morgan fingerprint density at radius 2 is 2.24 bits per heavy atom. The summed E-state index contributed by atoms with van der Waals surface area (Å²) in [5, 5.41) is 9.97. The lowest BCUT2D eigenvalue weighted by atomic mass is 9.75. The normalized spacial score (nSPS) is 21.1. The van der Waals surface area contributed by atoms with Crippen LogP contribution < -0.4 is 0 Å². The third kappa shape index (κ3) is 3.07. The monoisotopic (exact) mass is 234 g/mol. The number of hydrogen-bond acceptors (Lipinski definition) is 3. The van der Waals surface area contributed by atoms with Crippen molar-refractivity contribution in [2.24, 2.45) is 5.41 Å². The first-order valence-electron chi connectivity index (χ1n) is 5.90. The van der Waals surface area contributed by atoms with Crippen LogP contribution in [-0.4, -0.2) is 10.9 Å². The minimum Gasteiger partial charge on any atom is -0.467 e. The lowest BCUT2D eigenvalue weighted by molar-refractivity contribution is -0.117. The topological polar surface area (TPSA) is 50.4 Å². The summed E-state index contributed by atoms with van der Waals surface area (Å²) in [7, 11) is 0. The first kappa shape index (κ1) is 12.1. The molecular weight excluding hydrogens is 216 g/mol. The van der Waals surface area contributed by atoms with E-state index in [2.05, 4.69) is 13.8 Å². The van der Waals surface area contributed by atoms with E-state index in [1.54, 1.807) is 24.5 Å². The van der Waals surface area contributed by atoms with E-state index in [4.69, 9.17) is 4.42 Å². The van der Waals surface area contributed by atoms with E-state index in [1.165, 1.54) is 0 Å². The summed E-state index contributed by atoms with van der Waals surface area (Å²) in [6.45, 7) is 4.16. The van der Waals surface area contributed by atoms with Gasteiger partial charge in [0.15, 0.2) is 5.78 Å². The number of aliphatic hydroxyl groups excluding tert-OH is 1. The average Bonchev–Trinajstić information content (AvgIpc) is 2.65. The first-order valence-corrected chi connectivity index (χ1v) is 5.90. The Bertz CT molecular complexity index is 426. The van der Waals surface area contributed by atoms with Gasteiger partial charge in [-0.15, -0.1) is 0 Å². The molecule has 0 aliphatic heterocycles. The van der Waals surface area contributed by atoms with Gasteiger partial charge in [-0.1, -0.05) is 19.4 Å². The Morgan fingerprint density at radius 3 is 2.82 bits per heavy atom. The van der Waals surface area contributed by atoms with E-state index >= 15 is 0 Å². The van der Waals surface area contributed by atoms with Crippen molar-refractivity contribution in [2.75, 3.05) is 0 Å². The van der Waals surface area contributed by atoms with Gasteiger partial charge in [-0.05, 0) is 30.0 Å². The highest BCUT2D eigenvalue weighted by Crippen LogP contribution is 2.37. The molecule has 1 unspecified atom stereocenters. The van der Waals surface area contributed by atoms with E-state index in [-0.39, 0.29) is 11.2 Å². The lowest BCUT2D eigenvalue weighted by Crippen LogP contribution is -2.22. The van der Waals surface area contributed by atoms with Gasteiger partial charge in [-0.2, -0.15) is 0 Å². The highest BCUT2D eigenvalue weighted by molar-refractivity contribution is 5.91. The molecule has 1 heterocycles. The van der Waals surface area contributed by atoms with E-state index in [1.807, 2.05) is 0 Å². The Morgan fingerprint density at radius 1 is 1.47 bits per heavy atom. The van der Waals surface area contributed by atoms with Crippen molar-refractivity contribution in [3.05, 3.63) is 35.8 Å². The summed E-state index contributed by atoms with van der Waals surface area (Å²) in [6.07, 6.45) is 4.49. The number of hydrogen-bond donors (Lipinski definition) is 1.